The van der Waals surface area contributed by atoms with Crippen molar-refractivity contribution in [2.24, 2.45) is 0 Å². The SMILES string of the molecule is COc1cc(C=C(C#N)c2nc3ccccc3[nH]2)ccc1Oc1ccc([N+](=O)[O-])cc1C(F)(F)F. The number of nitrogens with one attached hydrogen (secondary N) is 1. The van der Waals surface area contributed by atoms with Gasteiger partial charge in [-0.15, -0.1) is 0 Å². The Morgan fingerprint density at radius 1 is 1.11 bits per heavy atom. The Morgan fingerprint density at radius 2 is 1.86 bits per heavy atom. The predicted molar refractivity (Wildman–Crippen MR) is 121 cm³/mol. The summed E-state index contributed by atoms with van der Waals surface area (Å²) in [4.78, 5) is 17.4. The second-order valence-electron chi connectivity index (χ2n) is 7.22. The van der Waals surface area contributed by atoms with Crippen molar-refractivity contribution in [3.05, 3.63) is 87.7 Å². The van der Waals surface area contributed by atoms with Crippen LogP contribution in [0, 0.1) is 21.4 Å². The number of nitrogens with zero attached hydrogens (tertiary/aromatic N) is 3. The van der Waals surface area contributed by atoms with Crippen LogP contribution in [0.2, 0.25) is 0 Å². The van der Waals surface area contributed by atoms with Crippen molar-refractivity contribution >= 4 is 28.4 Å². The summed E-state index contributed by atoms with van der Waals surface area (Å²) in [5.74, 6) is -0.225. The van der Waals surface area contributed by atoms with Crippen LogP contribution in [-0.2, 0) is 6.18 Å². The van der Waals surface area contributed by atoms with Gasteiger partial charge in [0, 0.05) is 12.1 Å². The van der Waals surface area contributed by atoms with E-state index < -0.39 is 28.1 Å². The van der Waals surface area contributed by atoms with Crippen LogP contribution in [0.3, 0.4) is 0 Å². The van der Waals surface area contributed by atoms with Gasteiger partial charge in [-0.25, -0.2) is 4.98 Å². The fourth-order valence-electron chi connectivity index (χ4n) is 3.32. The number of halogens is 3. The van der Waals surface area contributed by atoms with Crippen molar-refractivity contribution in [3.63, 3.8) is 0 Å². The molecule has 0 fully saturated rings. The maximum atomic E-state index is 13.5. The number of nitro benzene ring substituents is 1. The Labute approximate surface area is 196 Å². The lowest BCUT2D eigenvalue weighted by molar-refractivity contribution is -0.385. The number of non-ortho nitro benzene ring substituents is 1. The van der Waals surface area contributed by atoms with Gasteiger partial charge in [0.15, 0.2) is 11.5 Å². The topological polar surface area (TPSA) is 114 Å². The van der Waals surface area contributed by atoms with Gasteiger partial charge in [-0.2, -0.15) is 18.4 Å². The molecule has 1 heterocycles. The monoisotopic (exact) mass is 480 g/mol. The molecule has 4 rings (SSSR count). The molecule has 0 aliphatic rings. The van der Waals surface area contributed by atoms with Crippen LogP contribution in [0.25, 0.3) is 22.7 Å². The molecule has 35 heavy (non-hydrogen) atoms. The average molecular weight is 480 g/mol. The van der Waals surface area contributed by atoms with Crippen molar-refractivity contribution in [1.82, 2.24) is 9.97 Å². The molecule has 3 aromatic carbocycles. The number of nitriles is 1. The third-order valence-electron chi connectivity index (χ3n) is 4.96. The van der Waals surface area contributed by atoms with Crippen LogP contribution in [-0.4, -0.2) is 22.0 Å². The number of imidazole rings is 1. The van der Waals surface area contributed by atoms with E-state index in [1.165, 1.54) is 31.4 Å². The van der Waals surface area contributed by atoms with E-state index in [0.29, 0.717) is 23.0 Å². The van der Waals surface area contributed by atoms with Crippen LogP contribution in [0.4, 0.5) is 18.9 Å². The highest BCUT2D eigenvalue weighted by atomic mass is 19.4. The minimum Gasteiger partial charge on any atom is -0.493 e. The zero-order chi connectivity index (χ0) is 25.2. The lowest BCUT2D eigenvalue weighted by Gasteiger charge is -2.15. The molecule has 0 atom stereocenters. The summed E-state index contributed by atoms with van der Waals surface area (Å²) in [5, 5.41) is 20.5. The first-order chi connectivity index (χ1) is 16.7. The number of nitro groups is 1. The van der Waals surface area contributed by atoms with Crippen LogP contribution in [0.1, 0.15) is 17.0 Å². The summed E-state index contributed by atoms with van der Waals surface area (Å²) < 4.78 is 51.1. The second kappa shape index (κ2) is 9.18. The predicted octanol–water partition coefficient (Wildman–Crippen LogP) is 6.35. The molecule has 0 spiro atoms. The molecule has 1 aromatic heterocycles. The van der Waals surface area contributed by atoms with Crippen molar-refractivity contribution in [1.29, 1.82) is 5.26 Å². The number of methoxy groups -OCH3 is 1. The molecule has 1 N–H and O–H groups in total. The van der Waals surface area contributed by atoms with Gasteiger partial charge in [-0.1, -0.05) is 18.2 Å². The minimum absolute atomic E-state index is 0.0498. The fraction of sp³-hybridized carbons (Fsp3) is 0.0833. The van der Waals surface area contributed by atoms with Crippen molar-refractivity contribution < 1.29 is 27.6 Å². The van der Waals surface area contributed by atoms with E-state index in [1.54, 1.807) is 6.07 Å². The van der Waals surface area contributed by atoms with Crippen molar-refractivity contribution in [3.8, 4) is 23.3 Å². The fourth-order valence-corrected chi connectivity index (χ4v) is 3.32. The number of hydrogen-bond donors (Lipinski definition) is 1. The number of benzene rings is 3. The molecule has 0 saturated heterocycles. The number of alkyl halides is 3. The zero-order valence-electron chi connectivity index (χ0n) is 18.0. The molecular formula is C24H15F3N4O4. The highest BCUT2D eigenvalue weighted by Gasteiger charge is 2.36. The maximum Gasteiger partial charge on any atom is 0.420 e. The molecule has 8 nitrogen and oxygen atoms in total. The van der Waals surface area contributed by atoms with Gasteiger partial charge >= 0.3 is 6.18 Å². The van der Waals surface area contributed by atoms with E-state index in [-0.39, 0.29) is 17.1 Å². The lowest BCUT2D eigenvalue weighted by atomic mass is 10.1. The second-order valence-corrected chi connectivity index (χ2v) is 7.22. The van der Waals surface area contributed by atoms with E-state index >= 15 is 0 Å². The first kappa shape index (κ1) is 23.3. The number of fused-ring (bicyclic) bond motifs is 1. The molecule has 4 aromatic rings. The first-order valence-electron chi connectivity index (χ1n) is 9.98. The molecule has 176 valence electrons. The summed E-state index contributed by atoms with van der Waals surface area (Å²) in [5.41, 5.74) is 0.167. The Bertz CT molecular complexity index is 1470. The quantitative estimate of drug-likeness (QED) is 0.195. The number of aromatic nitrogens is 2. The minimum atomic E-state index is -4.88. The Balaban J connectivity index is 1.69. The number of aromatic amines is 1. The normalized spacial score (nSPS) is 11.8. The number of hydrogen-bond acceptors (Lipinski definition) is 6. The lowest BCUT2D eigenvalue weighted by Crippen LogP contribution is -2.08. The van der Waals surface area contributed by atoms with Crippen LogP contribution < -0.4 is 9.47 Å². The molecule has 0 radical (unpaired) electrons. The number of rotatable bonds is 6. The number of ether oxygens (including phenoxy) is 2. The summed E-state index contributed by atoms with van der Waals surface area (Å²) in [7, 11) is 1.31. The standard InChI is InChI=1S/C24H15F3N4O4/c1-34-22-11-14(10-15(13-28)23-29-18-4-2-3-5-19(18)30-23)6-8-21(22)35-20-9-7-16(31(32)33)12-17(20)24(25,26)27/h2-12H,1H3,(H,29,30). The van der Waals surface area contributed by atoms with Gasteiger partial charge in [0.2, 0.25) is 0 Å². The van der Waals surface area contributed by atoms with Gasteiger partial charge < -0.3 is 14.5 Å². The van der Waals surface area contributed by atoms with E-state index in [9.17, 15) is 28.5 Å². The number of H-pyrrole nitrogens is 1. The van der Waals surface area contributed by atoms with Gasteiger partial charge in [-0.05, 0) is 42.0 Å². The third kappa shape index (κ3) is 4.91. The molecule has 0 saturated carbocycles. The van der Waals surface area contributed by atoms with Crippen molar-refractivity contribution in [2.45, 2.75) is 6.18 Å². The van der Waals surface area contributed by atoms with E-state index in [4.69, 9.17) is 9.47 Å². The molecule has 0 aliphatic carbocycles. The van der Waals surface area contributed by atoms with Gasteiger partial charge in [0.1, 0.15) is 23.2 Å². The maximum absolute atomic E-state index is 13.5. The smallest absolute Gasteiger partial charge is 0.420 e. The summed E-state index contributed by atoms with van der Waals surface area (Å²) in [6, 6.07) is 15.9. The van der Waals surface area contributed by atoms with E-state index in [0.717, 1.165) is 17.6 Å². The molecule has 0 bridgehead atoms. The highest BCUT2D eigenvalue weighted by Crippen LogP contribution is 2.42. The van der Waals surface area contributed by atoms with Crippen LogP contribution >= 0.6 is 0 Å². The summed E-state index contributed by atoms with van der Waals surface area (Å²) in [6.45, 7) is 0. The van der Waals surface area contributed by atoms with Crippen molar-refractivity contribution in [2.75, 3.05) is 7.11 Å². The first-order valence-corrected chi connectivity index (χ1v) is 9.98. The molecule has 0 unspecified atom stereocenters. The van der Waals surface area contributed by atoms with Crippen LogP contribution in [0.15, 0.2) is 60.7 Å². The molecule has 11 heteroatoms. The van der Waals surface area contributed by atoms with Crippen LogP contribution in [0.5, 0.6) is 17.2 Å². The Hall–Kier alpha value is -4.85. The summed E-state index contributed by atoms with van der Waals surface area (Å²) in [6.07, 6.45) is -3.34. The average Bonchev–Trinajstić information content (AvgIpc) is 3.26. The Kier molecular flexibility index (Phi) is 6.12. The number of allylic oxidation sites excluding steroid dienone is 1. The zero-order valence-corrected chi connectivity index (χ0v) is 18.0. The van der Waals surface area contributed by atoms with Gasteiger partial charge in [0.05, 0.1) is 28.6 Å². The third-order valence-corrected chi connectivity index (χ3v) is 4.96. The van der Waals surface area contributed by atoms with Gasteiger partial charge in [0.25, 0.3) is 5.69 Å². The van der Waals surface area contributed by atoms with Gasteiger partial charge in [-0.3, -0.25) is 10.1 Å². The largest absolute Gasteiger partial charge is 0.493 e. The molecule has 0 amide bonds. The van der Waals surface area contributed by atoms with E-state index in [2.05, 4.69) is 16.0 Å². The highest BCUT2D eigenvalue weighted by molar-refractivity contribution is 5.90. The number of para-hydroxylation sites is 2. The van der Waals surface area contributed by atoms with E-state index in [1.807, 2.05) is 18.2 Å². The summed E-state index contributed by atoms with van der Waals surface area (Å²) >= 11 is 0. The molecular weight excluding hydrogens is 465 g/mol. The molecule has 0 aliphatic heterocycles. The Morgan fingerprint density at radius 3 is 2.51 bits per heavy atom.